The summed E-state index contributed by atoms with van der Waals surface area (Å²) in [6.45, 7) is 3.00. The van der Waals surface area contributed by atoms with Crippen LogP contribution in [0.5, 0.6) is 0 Å². The van der Waals surface area contributed by atoms with Gasteiger partial charge in [-0.15, -0.1) is 0 Å². The maximum absolute atomic E-state index is 13.1. The third kappa shape index (κ3) is 4.47. The fourth-order valence-electron chi connectivity index (χ4n) is 3.13. The number of alkyl halides is 3. The Labute approximate surface area is 134 Å². The van der Waals surface area contributed by atoms with Crippen LogP contribution < -0.4 is 5.32 Å². The van der Waals surface area contributed by atoms with Crippen LogP contribution in [0, 0.1) is 0 Å². The molecule has 0 unspecified atom stereocenters. The van der Waals surface area contributed by atoms with Crippen LogP contribution in [0.15, 0.2) is 24.3 Å². The van der Waals surface area contributed by atoms with Crippen molar-refractivity contribution in [3.63, 3.8) is 0 Å². The van der Waals surface area contributed by atoms with Crippen LogP contribution in [0.1, 0.15) is 43.2 Å². The molecule has 0 bridgehead atoms. The predicted octanol–water partition coefficient (Wildman–Crippen LogP) is 3.41. The average Bonchev–Trinajstić information content (AvgIpc) is 2.54. The molecule has 6 heteroatoms. The lowest BCUT2D eigenvalue weighted by Crippen LogP contribution is -2.47. The highest BCUT2D eigenvalue weighted by atomic mass is 19.4. The number of hydrogen-bond donors (Lipinski definition) is 1. The van der Waals surface area contributed by atoms with Gasteiger partial charge in [-0.25, -0.2) is 0 Å². The van der Waals surface area contributed by atoms with Crippen molar-refractivity contribution < 1.29 is 18.0 Å². The van der Waals surface area contributed by atoms with Crippen LogP contribution in [0.25, 0.3) is 0 Å². The first-order valence-corrected chi connectivity index (χ1v) is 7.94. The van der Waals surface area contributed by atoms with Crippen molar-refractivity contribution in [1.82, 2.24) is 10.2 Å². The van der Waals surface area contributed by atoms with Gasteiger partial charge in [0.2, 0.25) is 5.91 Å². The molecule has 3 nitrogen and oxygen atoms in total. The molecule has 1 saturated heterocycles. The van der Waals surface area contributed by atoms with E-state index in [0.29, 0.717) is 13.1 Å². The van der Waals surface area contributed by atoms with E-state index in [-0.39, 0.29) is 23.9 Å². The third-order valence-corrected chi connectivity index (χ3v) is 4.46. The second-order valence-corrected chi connectivity index (χ2v) is 6.16. The maximum atomic E-state index is 13.1. The molecule has 1 aromatic carbocycles. The molecule has 2 rings (SSSR count). The third-order valence-electron chi connectivity index (χ3n) is 4.46. The van der Waals surface area contributed by atoms with E-state index in [2.05, 4.69) is 5.32 Å². The summed E-state index contributed by atoms with van der Waals surface area (Å²) in [6, 6.07) is 5.78. The Morgan fingerprint density at radius 3 is 2.74 bits per heavy atom. The number of nitrogens with zero attached hydrogens (tertiary/aromatic N) is 1. The van der Waals surface area contributed by atoms with E-state index in [1.165, 1.54) is 12.1 Å². The number of carbonyl (C=O) groups is 1. The molecule has 1 fully saturated rings. The van der Waals surface area contributed by atoms with Crippen LogP contribution in [0.2, 0.25) is 0 Å². The Bertz CT molecular complexity index is 545. The van der Waals surface area contributed by atoms with E-state index in [1.54, 1.807) is 17.9 Å². The number of benzene rings is 1. The van der Waals surface area contributed by atoms with Gasteiger partial charge < -0.3 is 10.2 Å². The van der Waals surface area contributed by atoms with Crippen LogP contribution in [0.3, 0.4) is 0 Å². The number of halogens is 3. The van der Waals surface area contributed by atoms with Gasteiger partial charge in [0.1, 0.15) is 0 Å². The molecule has 2 atom stereocenters. The first-order chi connectivity index (χ1) is 10.8. The molecule has 1 amide bonds. The van der Waals surface area contributed by atoms with E-state index >= 15 is 0 Å². The molecule has 23 heavy (non-hydrogen) atoms. The van der Waals surface area contributed by atoms with Crippen molar-refractivity contribution in [2.24, 2.45) is 0 Å². The lowest BCUT2D eigenvalue weighted by atomic mass is 9.92. The summed E-state index contributed by atoms with van der Waals surface area (Å²) in [7, 11) is 1.86. The van der Waals surface area contributed by atoms with Gasteiger partial charge in [-0.1, -0.05) is 25.1 Å². The second-order valence-electron chi connectivity index (χ2n) is 6.16. The first-order valence-electron chi connectivity index (χ1n) is 7.94. The molecule has 1 N–H and O–H groups in total. The first kappa shape index (κ1) is 17.8. The van der Waals surface area contributed by atoms with Crippen molar-refractivity contribution in [2.45, 2.75) is 44.3 Å². The van der Waals surface area contributed by atoms with Crippen molar-refractivity contribution in [2.75, 3.05) is 20.1 Å². The summed E-state index contributed by atoms with van der Waals surface area (Å²) < 4.78 is 39.3. The largest absolute Gasteiger partial charge is 0.416 e. The summed E-state index contributed by atoms with van der Waals surface area (Å²) in [5, 5.41) is 3.16. The molecule has 0 aromatic heterocycles. The molecular weight excluding hydrogens is 305 g/mol. The van der Waals surface area contributed by atoms with Crippen LogP contribution >= 0.6 is 0 Å². The predicted molar refractivity (Wildman–Crippen MR) is 83.1 cm³/mol. The minimum absolute atomic E-state index is 0.0746. The number of likely N-dealkylation sites (N-methyl/N-ethyl adjacent to an activating group) is 1. The van der Waals surface area contributed by atoms with Crippen molar-refractivity contribution in [1.29, 1.82) is 0 Å². The Hall–Kier alpha value is -1.56. The molecule has 0 saturated carbocycles. The topological polar surface area (TPSA) is 32.3 Å². The quantitative estimate of drug-likeness (QED) is 0.919. The highest BCUT2D eigenvalue weighted by Gasteiger charge is 2.34. The summed E-state index contributed by atoms with van der Waals surface area (Å²) >= 11 is 0. The van der Waals surface area contributed by atoms with E-state index < -0.39 is 17.7 Å². The fourth-order valence-corrected chi connectivity index (χ4v) is 3.13. The smallest absolute Gasteiger partial charge is 0.341 e. The maximum Gasteiger partial charge on any atom is 0.416 e. The molecule has 0 spiro atoms. The molecule has 1 heterocycles. The Kier molecular flexibility index (Phi) is 5.68. The molecule has 128 valence electrons. The number of nitrogens with one attached hydrogen (secondary N) is 1. The number of likely N-dealkylation sites (tertiary alicyclic amines) is 1. The zero-order chi connectivity index (χ0) is 17.0. The number of rotatable bonds is 4. The highest BCUT2D eigenvalue weighted by Crippen LogP contribution is 2.36. The van der Waals surface area contributed by atoms with Gasteiger partial charge in [-0.2, -0.15) is 13.2 Å². The van der Waals surface area contributed by atoms with Gasteiger partial charge in [0.15, 0.2) is 0 Å². The number of amides is 1. The standard InChI is InChI=1S/C17H23F3N2O/c1-12(14-7-3-4-8-15(14)17(18,19)20)10-16(23)22-9-5-6-13(11-22)21-2/h3-4,7-8,12-13,21H,5-6,9-11H2,1-2H3/t12-,13-/m0/s1. The van der Waals surface area contributed by atoms with Crippen molar-refractivity contribution in [3.8, 4) is 0 Å². The van der Waals surface area contributed by atoms with Gasteiger partial charge in [-0.3, -0.25) is 4.79 Å². The van der Waals surface area contributed by atoms with Crippen molar-refractivity contribution >= 4 is 5.91 Å². The van der Waals surface area contributed by atoms with E-state index in [9.17, 15) is 18.0 Å². The monoisotopic (exact) mass is 328 g/mol. The molecule has 1 aliphatic heterocycles. The fraction of sp³-hybridized carbons (Fsp3) is 0.588. The molecule has 0 aliphatic carbocycles. The summed E-state index contributed by atoms with van der Waals surface area (Å²) in [5.41, 5.74) is -0.456. The average molecular weight is 328 g/mol. The molecule has 1 aromatic rings. The van der Waals surface area contributed by atoms with Crippen LogP contribution in [-0.4, -0.2) is 37.0 Å². The van der Waals surface area contributed by atoms with Gasteiger partial charge in [0.05, 0.1) is 5.56 Å². The van der Waals surface area contributed by atoms with Gasteiger partial charge in [0, 0.05) is 25.6 Å². The zero-order valence-electron chi connectivity index (χ0n) is 13.5. The van der Waals surface area contributed by atoms with Gasteiger partial charge in [-0.05, 0) is 37.4 Å². The number of hydrogen-bond acceptors (Lipinski definition) is 2. The SMILES string of the molecule is CN[C@H]1CCCN(C(=O)C[C@H](C)c2ccccc2C(F)(F)F)C1. The van der Waals surface area contributed by atoms with Crippen LogP contribution in [-0.2, 0) is 11.0 Å². The number of carbonyl (C=O) groups excluding carboxylic acids is 1. The van der Waals surface area contributed by atoms with Gasteiger partial charge in [0.25, 0.3) is 0 Å². The Balaban J connectivity index is 2.07. The molecule has 0 radical (unpaired) electrons. The summed E-state index contributed by atoms with van der Waals surface area (Å²) in [5.74, 6) is -0.537. The molecular formula is C17H23F3N2O. The highest BCUT2D eigenvalue weighted by molar-refractivity contribution is 5.77. The normalized spacial score (nSPS) is 20.4. The summed E-state index contributed by atoms with van der Waals surface area (Å²) in [4.78, 5) is 14.2. The van der Waals surface area contributed by atoms with E-state index in [1.807, 2.05) is 7.05 Å². The number of piperidine rings is 1. The van der Waals surface area contributed by atoms with E-state index in [0.717, 1.165) is 18.9 Å². The van der Waals surface area contributed by atoms with Gasteiger partial charge >= 0.3 is 6.18 Å². The minimum atomic E-state index is -4.39. The lowest BCUT2D eigenvalue weighted by Gasteiger charge is -2.33. The molecule has 1 aliphatic rings. The van der Waals surface area contributed by atoms with Crippen LogP contribution in [0.4, 0.5) is 13.2 Å². The lowest BCUT2D eigenvalue weighted by molar-refractivity contribution is -0.139. The Morgan fingerprint density at radius 2 is 2.09 bits per heavy atom. The van der Waals surface area contributed by atoms with Crippen molar-refractivity contribution in [3.05, 3.63) is 35.4 Å². The van der Waals surface area contributed by atoms with E-state index in [4.69, 9.17) is 0 Å². The zero-order valence-corrected chi connectivity index (χ0v) is 13.5. The Morgan fingerprint density at radius 1 is 1.39 bits per heavy atom. The minimum Gasteiger partial charge on any atom is -0.341 e. The second kappa shape index (κ2) is 7.34. The summed E-state index contributed by atoms with van der Waals surface area (Å²) in [6.07, 6.45) is -2.35.